The molecule has 0 saturated carbocycles. The molecule has 0 aliphatic carbocycles. The SMILES string of the molecule is [O][Si](O[Si](O)(O)O)(O[Si](O)(O)O)O[Si](O)(O)O. The summed E-state index contributed by atoms with van der Waals surface area (Å²) in [5.74, 6) is 0. The second kappa shape index (κ2) is 5.15. The molecular formula is H9O13Si4. The van der Waals surface area contributed by atoms with Crippen LogP contribution in [0, 0.1) is 0 Å². The summed E-state index contributed by atoms with van der Waals surface area (Å²) in [6.45, 7) is 0. The predicted molar refractivity (Wildman–Crippen MR) is 46.9 cm³/mol. The average Bonchev–Trinajstić information content (AvgIpc) is 1.65. The van der Waals surface area contributed by atoms with Gasteiger partial charge in [-0.1, -0.05) is 0 Å². The van der Waals surface area contributed by atoms with E-state index in [0.29, 0.717) is 0 Å². The van der Waals surface area contributed by atoms with Crippen molar-refractivity contribution in [3.8, 4) is 0 Å². The zero-order valence-corrected chi connectivity index (χ0v) is 11.7. The first-order valence-electron chi connectivity index (χ1n) is 3.44. The van der Waals surface area contributed by atoms with Gasteiger partial charge < -0.3 is 55.5 Å². The quantitative estimate of drug-likeness (QED) is 0.207. The van der Waals surface area contributed by atoms with Gasteiger partial charge in [0.05, 0.1) is 0 Å². The van der Waals surface area contributed by atoms with Crippen LogP contribution in [0.4, 0.5) is 0 Å². The zero-order valence-electron chi connectivity index (χ0n) is 7.66. The maximum Gasteiger partial charge on any atom is 0.689 e. The van der Waals surface area contributed by atoms with Gasteiger partial charge in [0.25, 0.3) is 0 Å². The van der Waals surface area contributed by atoms with Crippen molar-refractivity contribution in [2.45, 2.75) is 0 Å². The summed E-state index contributed by atoms with van der Waals surface area (Å²) in [5.41, 5.74) is 0. The third kappa shape index (κ3) is 10.00. The van der Waals surface area contributed by atoms with E-state index in [0.717, 1.165) is 0 Å². The Hall–Kier alpha value is 0.348. The fourth-order valence-corrected chi connectivity index (χ4v) is 6.22. The monoisotopic (exact) mass is 329 g/mol. The maximum atomic E-state index is 11.3. The molecule has 17 heavy (non-hydrogen) atoms. The molecular weight excluding hydrogens is 320 g/mol. The third-order valence-electron chi connectivity index (χ3n) is 0.786. The fourth-order valence-electron chi connectivity index (χ4n) is 0.566. The maximum absolute atomic E-state index is 11.3. The van der Waals surface area contributed by atoms with Crippen molar-refractivity contribution in [3.05, 3.63) is 0 Å². The predicted octanol–water partition coefficient (Wildman–Crippen LogP) is -6.86. The van der Waals surface area contributed by atoms with E-state index >= 15 is 0 Å². The van der Waals surface area contributed by atoms with Gasteiger partial charge >= 0.3 is 36.2 Å². The van der Waals surface area contributed by atoms with E-state index in [9.17, 15) is 4.80 Å². The fraction of sp³-hybridized carbons (Fsp3) is 0. The van der Waals surface area contributed by atoms with Gasteiger partial charge in [-0.2, -0.15) is 0 Å². The van der Waals surface area contributed by atoms with E-state index in [1.54, 1.807) is 0 Å². The molecule has 0 atom stereocenters. The number of hydrogen-bond donors (Lipinski definition) is 9. The van der Waals surface area contributed by atoms with E-state index in [4.69, 9.17) is 43.2 Å². The molecule has 0 bridgehead atoms. The van der Waals surface area contributed by atoms with Gasteiger partial charge in [0.15, 0.2) is 0 Å². The van der Waals surface area contributed by atoms with Crippen LogP contribution < -0.4 is 0 Å². The van der Waals surface area contributed by atoms with Gasteiger partial charge in [-0.05, 0) is 0 Å². The summed E-state index contributed by atoms with van der Waals surface area (Å²) in [5, 5.41) is 0. The van der Waals surface area contributed by atoms with Crippen LogP contribution in [-0.4, -0.2) is 79.4 Å². The molecule has 0 spiro atoms. The van der Waals surface area contributed by atoms with Crippen molar-refractivity contribution >= 4 is 36.2 Å². The molecule has 0 aromatic carbocycles. The molecule has 0 aromatic heterocycles. The molecule has 0 amide bonds. The van der Waals surface area contributed by atoms with Crippen LogP contribution in [0.3, 0.4) is 0 Å². The molecule has 9 N–H and O–H groups in total. The lowest BCUT2D eigenvalue weighted by molar-refractivity contribution is -0.0272. The lowest BCUT2D eigenvalue weighted by atomic mass is 15.5. The van der Waals surface area contributed by atoms with Crippen molar-refractivity contribution < 1.29 is 60.3 Å². The lowest BCUT2D eigenvalue weighted by Crippen LogP contribution is -2.65. The molecule has 17 heteroatoms. The van der Waals surface area contributed by atoms with E-state index in [-0.39, 0.29) is 0 Å². The second-order valence-corrected chi connectivity index (χ2v) is 9.42. The molecule has 0 saturated heterocycles. The Bertz CT molecular complexity index is 199. The number of hydrogen-bond acceptors (Lipinski definition) is 12. The van der Waals surface area contributed by atoms with Crippen LogP contribution in [0.5, 0.6) is 0 Å². The molecule has 0 aliphatic rings. The Balaban J connectivity index is 4.95. The summed E-state index contributed by atoms with van der Waals surface area (Å²) in [6, 6.07) is 0. The first kappa shape index (κ1) is 17.3. The van der Waals surface area contributed by atoms with Crippen molar-refractivity contribution in [1.82, 2.24) is 0 Å². The highest BCUT2D eigenvalue weighted by Crippen LogP contribution is 2.15. The molecule has 103 valence electrons. The normalized spacial score (nSPS) is 15.2. The van der Waals surface area contributed by atoms with Gasteiger partial charge in [0.2, 0.25) is 0 Å². The number of rotatable bonds is 6. The Morgan fingerprint density at radius 1 is 0.529 bits per heavy atom. The molecule has 0 unspecified atom stereocenters. The molecule has 0 aliphatic heterocycles. The molecule has 0 aromatic rings. The lowest BCUT2D eigenvalue weighted by Gasteiger charge is -2.27. The summed E-state index contributed by atoms with van der Waals surface area (Å²) in [6.07, 6.45) is 0. The second-order valence-electron chi connectivity index (χ2n) is 2.53. The topological polar surface area (TPSA) is 230 Å². The molecule has 0 fully saturated rings. The molecule has 1 radical (unpaired) electrons. The summed E-state index contributed by atoms with van der Waals surface area (Å²) >= 11 is 0. The van der Waals surface area contributed by atoms with E-state index in [1.807, 2.05) is 0 Å². The molecule has 0 heterocycles. The molecule has 0 rings (SSSR count). The smallest absolute Gasteiger partial charge is 0.368 e. The van der Waals surface area contributed by atoms with Gasteiger partial charge in [-0.3, -0.25) is 0 Å². The summed E-state index contributed by atoms with van der Waals surface area (Å²) in [7, 11) is -22.8. The highest BCUT2D eigenvalue weighted by atomic mass is 28.5. The summed E-state index contributed by atoms with van der Waals surface area (Å²) < 4.78 is 10.3. The highest BCUT2D eigenvalue weighted by Gasteiger charge is 2.63. The van der Waals surface area contributed by atoms with Crippen LogP contribution in [0.2, 0.25) is 0 Å². The third-order valence-corrected chi connectivity index (χ3v) is 7.07. The van der Waals surface area contributed by atoms with Gasteiger partial charge in [-0.15, -0.1) is 0 Å². The van der Waals surface area contributed by atoms with Crippen molar-refractivity contribution in [1.29, 1.82) is 0 Å². The van der Waals surface area contributed by atoms with Crippen LogP contribution in [0.25, 0.3) is 0 Å². The largest absolute Gasteiger partial charge is 0.689 e. The van der Waals surface area contributed by atoms with Gasteiger partial charge in [-0.25, -0.2) is 4.80 Å². The van der Waals surface area contributed by atoms with Crippen LogP contribution in [0.1, 0.15) is 0 Å². The van der Waals surface area contributed by atoms with Crippen molar-refractivity contribution in [2.75, 3.05) is 0 Å². The van der Waals surface area contributed by atoms with Gasteiger partial charge in [0.1, 0.15) is 0 Å². The minimum Gasteiger partial charge on any atom is -0.368 e. The highest BCUT2D eigenvalue weighted by molar-refractivity contribution is 6.75. The first-order valence-corrected chi connectivity index (χ1v) is 10.3. The zero-order chi connectivity index (χ0) is 14.1. The molecule has 13 nitrogen and oxygen atoms in total. The van der Waals surface area contributed by atoms with Crippen molar-refractivity contribution in [3.63, 3.8) is 0 Å². The minimum atomic E-state index is -5.97. The van der Waals surface area contributed by atoms with E-state index < -0.39 is 36.2 Å². The summed E-state index contributed by atoms with van der Waals surface area (Å²) in [4.78, 5) is 86.8. The Morgan fingerprint density at radius 2 is 0.706 bits per heavy atom. The van der Waals surface area contributed by atoms with Crippen LogP contribution in [-0.2, 0) is 17.1 Å². The Kier molecular flexibility index (Phi) is 5.25. The van der Waals surface area contributed by atoms with E-state index in [1.165, 1.54) is 0 Å². The first-order chi connectivity index (χ1) is 7.12. The van der Waals surface area contributed by atoms with Crippen LogP contribution >= 0.6 is 0 Å². The van der Waals surface area contributed by atoms with Crippen LogP contribution in [0.15, 0.2) is 0 Å². The Labute approximate surface area is 97.2 Å². The van der Waals surface area contributed by atoms with Gasteiger partial charge in [0, 0.05) is 0 Å². The van der Waals surface area contributed by atoms with Crippen molar-refractivity contribution in [2.24, 2.45) is 0 Å². The average molecular weight is 329 g/mol. The minimum absolute atomic E-state index is 3.43. The van der Waals surface area contributed by atoms with E-state index in [2.05, 4.69) is 12.3 Å². The Morgan fingerprint density at radius 3 is 0.824 bits per heavy atom. The standard InChI is InChI=1S/H9O13Si4/c1-14(2,3)11-17(10,12-15(4,5)6)13-16(7,8)9/h1-9H.